The molecule has 0 amide bonds. The summed E-state index contributed by atoms with van der Waals surface area (Å²) in [7, 11) is 0. The number of benzene rings is 1. The van der Waals surface area contributed by atoms with E-state index in [-0.39, 0.29) is 0 Å². The zero-order chi connectivity index (χ0) is 11.4. The quantitative estimate of drug-likeness (QED) is 0.793. The van der Waals surface area contributed by atoms with Crippen molar-refractivity contribution in [3.05, 3.63) is 28.2 Å². The minimum absolute atomic E-state index is 0.719. The number of halogens is 1. The second-order valence-corrected chi connectivity index (χ2v) is 4.64. The summed E-state index contributed by atoms with van der Waals surface area (Å²) in [6, 6.07) is 8.07. The molecule has 0 saturated carbocycles. The normalized spacial score (nSPS) is 16.6. The predicted molar refractivity (Wildman–Crippen MR) is 66.5 cm³/mol. The molecule has 1 aromatic rings. The lowest BCUT2D eigenvalue weighted by Crippen LogP contribution is -2.26. The molecular formula is C12H13BrN2O. The van der Waals surface area contributed by atoms with Gasteiger partial charge < -0.3 is 9.64 Å². The molecule has 84 valence electrons. The Labute approximate surface area is 104 Å². The second-order valence-electron chi connectivity index (χ2n) is 3.73. The van der Waals surface area contributed by atoms with Crippen LogP contribution in [-0.4, -0.2) is 26.3 Å². The maximum atomic E-state index is 9.12. The summed E-state index contributed by atoms with van der Waals surface area (Å²) < 4.78 is 6.35. The zero-order valence-electron chi connectivity index (χ0n) is 8.95. The predicted octanol–water partition coefficient (Wildman–Crippen LogP) is 2.55. The van der Waals surface area contributed by atoms with Crippen LogP contribution in [0.25, 0.3) is 0 Å². The van der Waals surface area contributed by atoms with Crippen LogP contribution in [0, 0.1) is 11.3 Å². The third-order valence-electron chi connectivity index (χ3n) is 2.64. The first-order valence-electron chi connectivity index (χ1n) is 5.33. The molecule has 1 fully saturated rings. The maximum Gasteiger partial charge on any atom is 0.101 e. The highest BCUT2D eigenvalue weighted by Gasteiger charge is 2.13. The fourth-order valence-corrected chi connectivity index (χ4v) is 2.22. The summed E-state index contributed by atoms with van der Waals surface area (Å²) in [6.07, 6.45) is 1.01. The van der Waals surface area contributed by atoms with Crippen LogP contribution in [0.15, 0.2) is 22.7 Å². The minimum atomic E-state index is 0.719. The Bertz CT molecular complexity index is 406. The van der Waals surface area contributed by atoms with Crippen LogP contribution in [0.2, 0.25) is 0 Å². The lowest BCUT2D eigenvalue weighted by Gasteiger charge is -2.23. The molecule has 1 aliphatic rings. The number of hydrogen-bond acceptors (Lipinski definition) is 3. The molecule has 2 rings (SSSR count). The third-order valence-corrected chi connectivity index (χ3v) is 3.14. The number of hydrogen-bond donors (Lipinski definition) is 0. The molecule has 16 heavy (non-hydrogen) atoms. The molecule has 1 heterocycles. The first-order chi connectivity index (χ1) is 7.81. The summed E-state index contributed by atoms with van der Waals surface area (Å²) in [5.41, 5.74) is 1.73. The van der Waals surface area contributed by atoms with Gasteiger partial charge in [-0.05, 0) is 24.6 Å². The van der Waals surface area contributed by atoms with Gasteiger partial charge in [-0.3, -0.25) is 0 Å². The average molecular weight is 281 g/mol. The van der Waals surface area contributed by atoms with Gasteiger partial charge in [0.15, 0.2) is 0 Å². The van der Waals surface area contributed by atoms with Gasteiger partial charge in [-0.15, -0.1) is 0 Å². The molecule has 1 aromatic carbocycles. The van der Waals surface area contributed by atoms with Crippen molar-refractivity contribution in [3.63, 3.8) is 0 Å². The van der Waals surface area contributed by atoms with Crippen molar-refractivity contribution in [2.45, 2.75) is 6.42 Å². The molecule has 0 unspecified atom stereocenters. The van der Waals surface area contributed by atoms with E-state index in [1.165, 1.54) is 0 Å². The van der Waals surface area contributed by atoms with Gasteiger partial charge >= 0.3 is 0 Å². The minimum Gasteiger partial charge on any atom is -0.380 e. The Hall–Kier alpha value is -1.05. The van der Waals surface area contributed by atoms with Gasteiger partial charge in [0, 0.05) is 24.2 Å². The maximum absolute atomic E-state index is 9.12. The molecule has 0 radical (unpaired) electrons. The van der Waals surface area contributed by atoms with E-state index >= 15 is 0 Å². The summed E-state index contributed by atoms with van der Waals surface area (Å²) in [5.74, 6) is 0. The van der Waals surface area contributed by atoms with Gasteiger partial charge in [0.05, 0.1) is 17.9 Å². The van der Waals surface area contributed by atoms with Crippen LogP contribution >= 0.6 is 15.9 Å². The second kappa shape index (κ2) is 5.33. The van der Waals surface area contributed by atoms with E-state index in [0.29, 0.717) is 0 Å². The van der Waals surface area contributed by atoms with Crippen LogP contribution in [0.1, 0.15) is 12.0 Å². The Kier molecular flexibility index (Phi) is 3.81. The first-order valence-corrected chi connectivity index (χ1v) is 6.13. The first kappa shape index (κ1) is 11.4. The van der Waals surface area contributed by atoms with E-state index in [4.69, 9.17) is 10.00 Å². The fourth-order valence-electron chi connectivity index (χ4n) is 1.86. The van der Waals surface area contributed by atoms with E-state index in [0.717, 1.165) is 48.4 Å². The molecule has 3 nitrogen and oxygen atoms in total. The van der Waals surface area contributed by atoms with Crippen LogP contribution in [0.3, 0.4) is 0 Å². The lowest BCUT2D eigenvalue weighted by atomic mass is 10.1. The molecular weight excluding hydrogens is 268 g/mol. The lowest BCUT2D eigenvalue weighted by molar-refractivity contribution is 0.152. The molecule has 4 heteroatoms. The van der Waals surface area contributed by atoms with Crippen LogP contribution in [0.5, 0.6) is 0 Å². The number of anilines is 1. The summed E-state index contributed by atoms with van der Waals surface area (Å²) in [5, 5.41) is 9.12. The van der Waals surface area contributed by atoms with Gasteiger partial charge in [0.2, 0.25) is 0 Å². The number of nitriles is 1. The highest BCUT2D eigenvalue weighted by atomic mass is 79.9. The Morgan fingerprint density at radius 3 is 3.00 bits per heavy atom. The van der Waals surface area contributed by atoms with Crippen LogP contribution < -0.4 is 4.90 Å². The van der Waals surface area contributed by atoms with Crippen molar-refractivity contribution < 1.29 is 4.74 Å². The van der Waals surface area contributed by atoms with Crippen molar-refractivity contribution >= 4 is 21.6 Å². The largest absolute Gasteiger partial charge is 0.380 e. The number of rotatable bonds is 1. The number of nitrogens with zero attached hydrogens (tertiary/aromatic N) is 2. The van der Waals surface area contributed by atoms with E-state index in [1.54, 1.807) is 0 Å². The Morgan fingerprint density at radius 2 is 2.19 bits per heavy atom. The van der Waals surface area contributed by atoms with E-state index in [9.17, 15) is 0 Å². The van der Waals surface area contributed by atoms with E-state index in [1.807, 2.05) is 18.2 Å². The van der Waals surface area contributed by atoms with Crippen molar-refractivity contribution in [1.29, 1.82) is 5.26 Å². The third kappa shape index (κ3) is 2.55. The van der Waals surface area contributed by atoms with Gasteiger partial charge in [-0.1, -0.05) is 15.9 Å². The Balaban J connectivity index is 2.28. The Morgan fingerprint density at radius 1 is 1.31 bits per heavy atom. The van der Waals surface area contributed by atoms with E-state index in [2.05, 4.69) is 26.9 Å². The SMILES string of the molecule is N#Cc1cc(Br)ccc1N1CCCOCC1. The molecule has 0 aliphatic carbocycles. The smallest absolute Gasteiger partial charge is 0.101 e. The van der Waals surface area contributed by atoms with Crippen LogP contribution in [0.4, 0.5) is 5.69 Å². The molecule has 0 aromatic heterocycles. The monoisotopic (exact) mass is 280 g/mol. The topological polar surface area (TPSA) is 36.3 Å². The molecule has 0 bridgehead atoms. The number of ether oxygens (including phenoxy) is 1. The fraction of sp³-hybridized carbons (Fsp3) is 0.417. The highest BCUT2D eigenvalue weighted by Crippen LogP contribution is 2.24. The molecule has 1 saturated heterocycles. The van der Waals surface area contributed by atoms with E-state index < -0.39 is 0 Å². The summed E-state index contributed by atoms with van der Waals surface area (Å²) in [4.78, 5) is 2.22. The highest BCUT2D eigenvalue weighted by molar-refractivity contribution is 9.10. The van der Waals surface area contributed by atoms with Crippen molar-refractivity contribution in [2.75, 3.05) is 31.2 Å². The molecule has 0 N–H and O–H groups in total. The summed E-state index contributed by atoms with van der Waals surface area (Å²) >= 11 is 3.38. The van der Waals surface area contributed by atoms with Crippen molar-refractivity contribution in [2.24, 2.45) is 0 Å². The zero-order valence-corrected chi connectivity index (χ0v) is 10.5. The standard InChI is InChI=1S/C12H13BrN2O/c13-11-2-3-12(10(8-11)9-14)15-4-1-6-16-7-5-15/h2-3,8H,1,4-7H2. The molecule has 0 atom stereocenters. The van der Waals surface area contributed by atoms with Gasteiger partial charge in [-0.25, -0.2) is 0 Å². The van der Waals surface area contributed by atoms with Crippen molar-refractivity contribution in [1.82, 2.24) is 0 Å². The van der Waals surface area contributed by atoms with Gasteiger partial charge in [0.1, 0.15) is 6.07 Å². The average Bonchev–Trinajstić information content (AvgIpc) is 2.57. The van der Waals surface area contributed by atoms with Crippen molar-refractivity contribution in [3.8, 4) is 6.07 Å². The molecule has 0 spiro atoms. The van der Waals surface area contributed by atoms with Gasteiger partial charge in [0.25, 0.3) is 0 Å². The summed E-state index contributed by atoms with van der Waals surface area (Å²) in [6.45, 7) is 3.36. The van der Waals surface area contributed by atoms with Crippen LogP contribution in [-0.2, 0) is 4.74 Å². The molecule has 1 aliphatic heterocycles. The van der Waals surface area contributed by atoms with Gasteiger partial charge in [-0.2, -0.15) is 5.26 Å².